The molecule has 2 N–H and O–H groups in total. The lowest BCUT2D eigenvalue weighted by molar-refractivity contribution is 0.449. The number of hydrogen-bond acceptors (Lipinski definition) is 2. The van der Waals surface area contributed by atoms with Gasteiger partial charge in [-0.15, -0.1) is 0 Å². The van der Waals surface area contributed by atoms with Crippen molar-refractivity contribution < 1.29 is 5.11 Å². The zero-order chi connectivity index (χ0) is 15.4. The first-order valence-corrected chi connectivity index (χ1v) is 7.76. The largest absolute Gasteiger partial charge is 0.508 e. The Bertz CT molecular complexity index is 615. The van der Waals surface area contributed by atoms with Crippen LogP contribution in [0.15, 0.2) is 42.5 Å². The second-order valence-electron chi connectivity index (χ2n) is 5.11. The Morgan fingerprint density at radius 1 is 1.14 bits per heavy atom. The summed E-state index contributed by atoms with van der Waals surface area (Å²) in [4.78, 5) is 0. The number of halogens is 2. The normalized spacial score (nSPS) is 13.9. The van der Waals surface area contributed by atoms with E-state index in [1.54, 1.807) is 18.2 Å². The average molecular weight is 324 g/mol. The third-order valence-electron chi connectivity index (χ3n) is 3.57. The average Bonchev–Trinajstić information content (AvgIpc) is 2.45. The third-order valence-corrected chi connectivity index (χ3v) is 4.13. The van der Waals surface area contributed by atoms with Gasteiger partial charge in [0.05, 0.1) is 0 Å². The van der Waals surface area contributed by atoms with E-state index in [-0.39, 0.29) is 17.8 Å². The highest BCUT2D eigenvalue weighted by Gasteiger charge is 2.16. The Kier molecular flexibility index (Phi) is 5.51. The number of aromatic hydroxyl groups is 1. The summed E-state index contributed by atoms with van der Waals surface area (Å²) in [5.41, 5.74) is 2.08. The molecule has 21 heavy (non-hydrogen) atoms. The monoisotopic (exact) mass is 323 g/mol. The van der Waals surface area contributed by atoms with Gasteiger partial charge < -0.3 is 10.4 Å². The third kappa shape index (κ3) is 4.13. The van der Waals surface area contributed by atoms with E-state index < -0.39 is 0 Å². The SMILES string of the molecule is CCC(NC(C)c1cccc(O)c1)c1ccc(Cl)cc1Cl. The van der Waals surface area contributed by atoms with Crippen LogP contribution in [-0.2, 0) is 0 Å². The first-order chi connectivity index (χ1) is 10.0. The lowest BCUT2D eigenvalue weighted by Gasteiger charge is -2.24. The first kappa shape index (κ1) is 16.2. The molecule has 2 unspecified atom stereocenters. The fourth-order valence-corrected chi connectivity index (χ4v) is 2.94. The highest BCUT2D eigenvalue weighted by molar-refractivity contribution is 6.35. The second kappa shape index (κ2) is 7.17. The first-order valence-electron chi connectivity index (χ1n) is 7.01. The molecule has 0 saturated carbocycles. The minimum absolute atomic E-state index is 0.105. The maximum Gasteiger partial charge on any atom is 0.115 e. The summed E-state index contributed by atoms with van der Waals surface area (Å²) in [5, 5.41) is 14.4. The number of phenolic OH excluding ortho intramolecular Hbond substituents is 1. The standard InChI is InChI=1S/C17H19Cl2NO/c1-3-17(15-8-7-13(18)10-16(15)19)20-11(2)12-5-4-6-14(21)9-12/h4-11,17,20-21H,3H2,1-2H3. The molecular formula is C17H19Cl2NO. The maximum absolute atomic E-state index is 9.58. The number of benzene rings is 2. The Hall–Kier alpha value is -1.22. The highest BCUT2D eigenvalue weighted by atomic mass is 35.5. The zero-order valence-corrected chi connectivity index (χ0v) is 13.6. The van der Waals surface area contributed by atoms with Crippen LogP contribution in [0.5, 0.6) is 5.75 Å². The molecule has 2 nitrogen and oxygen atoms in total. The van der Waals surface area contributed by atoms with Crippen molar-refractivity contribution in [2.24, 2.45) is 0 Å². The van der Waals surface area contributed by atoms with Crippen molar-refractivity contribution in [1.82, 2.24) is 5.32 Å². The molecule has 0 heterocycles. The van der Waals surface area contributed by atoms with Gasteiger partial charge in [0.25, 0.3) is 0 Å². The van der Waals surface area contributed by atoms with Crippen LogP contribution in [0.25, 0.3) is 0 Å². The topological polar surface area (TPSA) is 32.3 Å². The predicted molar refractivity (Wildman–Crippen MR) is 89.2 cm³/mol. The lowest BCUT2D eigenvalue weighted by atomic mass is 10.0. The van der Waals surface area contributed by atoms with Gasteiger partial charge in [0, 0.05) is 22.1 Å². The van der Waals surface area contributed by atoms with E-state index in [0.717, 1.165) is 17.5 Å². The minimum atomic E-state index is 0.105. The van der Waals surface area contributed by atoms with Crippen molar-refractivity contribution in [3.8, 4) is 5.75 Å². The van der Waals surface area contributed by atoms with E-state index in [1.165, 1.54) is 0 Å². The zero-order valence-electron chi connectivity index (χ0n) is 12.1. The molecule has 2 atom stereocenters. The maximum atomic E-state index is 9.58. The van der Waals surface area contributed by atoms with Gasteiger partial charge in [-0.3, -0.25) is 0 Å². The summed E-state index contributed by atoms with van der Waals surface area (Å²) in [6.07, 6.45) is 0.907. The van der Waals surface area contributed by atoms with Crippen LogP contribution in [0.3, 0.4) is 0 Å². The number of rotatable bonds is 5. The van der Waals surface area contributed by atoms with Crippen molar-refractivity contribution >= 4 is 23.2 Å². The molecule has 0 aromatic heterocycles. The van der Waals surface area contributed by atoms with E-state index in [4.69, 9.17) is 23.2 Å². The molecule has 2 rings (SSSR count). The Labute approximate surface area is 135 Å². The molecule has 2 aromatic rings. The summed E-state index contributed by atoms with van der Waals surface area (Å²) in [5.74, 6) is 0.277. The van der Waals surface area contributed by atoms with Crippen molar-refractivity contribution in [2.75, 3.05) is 0 Å². The van der Waals surface area contributed by atoms with Crippen LogP contribution in [0.2, 0.25) is 10.0 Å². The van der Waals surface area contributed by atoms with Crippen molar-refractivity contribution in [3.63, 3.8) is 0 Å². The molecule has 0 radical (unpaired) electrons. The van der Waals surface area contributed by atoms with Crippen LogP contribution < -0.4 is 5.32 Å². The fourth-order valence-electron chi connectivity index (χ4n) is 2.40. The van der Waals surface area contributed by atoms with Gasteiger partial charge in [-0.1, -0.05) is 48.3 Å². The van der Waals surface area contributed by atoms with Crippen molar-refractivity contribution in [3.05, 3.63) is 63.6 Å². The molecule has 2 aromatic carbocycles. The molecule has 0 aliphatic rings. The predicted octanol–water partition coefficient (Wildman–Crippen LogP) is 5.50. The van der Waals surface area contributed by atoms with Crippen LogP contribution >= 0.6 is 23.2 Å². The van der Waals surface area contributed by atoms with Gasteiger partial charge in [-0.25, -0.2) is 0 Å². The second-order valence-corrected chi connectivity index (χ2v) is 5.95. The molecule has 0 aliphatic heterocycles. The van der Waals surface area contributed by atoms with Crippen LogP contribution in [0.1, 0.15) is 43.5 Å². The van der Waals surface area contributed by atoms with Gasteiger partial charge in [0.2, 0.25) is 0 Å². The summed E-state index contributed by atoms with van der Waals surface area (Å²) < 4.78 is 0. The molecule has 0 bridgehead atoms. The van der Waals surface area contributed by atoms with Crippen molar-refractivity contribution in [2.45, 2.75) is 32.4 Å². The van der Waals surface area contributed by atoms with E-state index in [9.17, 15) is 5.11 Å². The van der Waals surface area contributed by atoms with Crippen LogP contribution in [-0.4, -0.2) is 5.11 Å². The molecule has 0 fully saturated rings. The summed E-state index contributed by atoms with van der Waals surface area (Å²) in [6.45, 7) is 4.18. The Morgan fingerprint density at radius 3 is 2.52 bits per heavy atom. The number of hydrogen-bond donors (Lipinski definition) is 2. The van der Waals surface area contributed by atoms with Crippen LogP contribution in [0, 0.1) is 0 Å². The Morgan fingerprint density at radius 2 is 1.90 bits per heavy atom. The molecule has 0 aliphatic carbocycles. The number of phenols is 1. The quantitative estimate of drug-likeness (QED) is 0.761. The molecular weight excluding hydrogens is 305 g/mol. The molecule has 0 amide bonds. The molecule has 112 valence electrons. The van der Waals surface area contributed by atoms with E-state index in [1.807, 2.05) is 24.3 Å². The van der Waals surface area contributed by atoms with Crippen LogP contribution in [0.4, 0.5) is 0 Å². The smallest absolute Gasteiger partial charge is 0.115 e. The molecule has 4 heteroatoms. The highest BCUT2D eigenvalue weighted by Crippen LogP contribution is 2.30. The van der Waals surface area contributed by atoms with Gasteiger partial charge in [-0.2, -0.15) is 0 Å². The number of nitrogens with one attached hydrogen (secondary N) is 1. The molecule has 0 saturated heterocycles. The summed E-state index contributed by atoms with van der Waals surface area (Å²) in [6, 6.07) is 13.1. The van der Waals surface area contributed by atoms with Gasteiger partial charge in [0.15, 0.2) is 0 Å². The van der Waals surface area contributed by atoms with E-state index >= 15 is 0 Å². The fraction of sp³-hybridized carbons (Fsp3) is 0.294. The Balaban J connectivity index is 2.18. The van der Waals surface area contributed by atoms with Crippen molar-refractivity contribution in [1.29, 1.82) is 0 Å². The van der Waals surface area contributed by atoms with Gasteiger partial charge in [0.1, 0.15) is 5.75 Å². The van der Waals surface area contributed by atoms with E-state index in [0.29, 0.717) is 10.0 Å². The molecule has 0 spiro atoms. The summed E-state index contributed by atoms with van der Waals surface area (Å²) in [7, 11) is 0. The minimum Gasteiger partial charge on any atom is -0.508 e. The van der Waals surface area contributed by atoms with Gasteiger partial charge >= 0.3 is 0 Å². The lowest BCUT2D eigenvalue weighted by Crippen LogP contribution is -2.24. The summed E-state index contributed by atoms with van der Waals surface area (Å²) >= 11 is 12.2. The van der Waals surface area contributed by atoms with Gasteiger partial charge in [-0.05, 0) is 48.7 Å². The van der Waals surface area contributed by atoms with E-state index in [2.05, 4.69) is 19.2 Å².